The highest BCUT2D eigenvalue weighted by Gasteiger charge is 2.26. The minimum Gasteiger partial charge on any atom is -0.479 e. The first kappa shape index (κ1) is 12.3. The van der Waals surface area contributed by atoms with E-state index in [1.165, 1.54) is 0 Å². The number of rotatable bonds is 3. The van der Waals surface area contributed by atoms with Crippen molar-refractivity contribution in [1.82, 2.24) is 0 Å². The number of hydrogen-bond acceptors (Lipinski definition) is 2. The molecule has 1 aliphatic rings. The lowest BCUT2D eigenvalue weighted by Crippen LogP contribution is -2.29. The maximum absolute atomic E-state index is 10.9. The molecule has 1 aromatic carbocycles. The summed E-state index contributed by atoms with van der Waals surface area (Å²) in [6.45, 7) is 0. The molecule has 0 saturated carbocycles. The summed E-state index contributed by atoms with van der Waals surface area (Å²) in [5, 5.41) is 18.6. The SMILES string of the molecule is O=C(O)C(O)C1C=CC=CC1=Cc1ccccc1. The second-order valence-corrected chi connectivity index (χ2v) is 4.11. The zero-order valence-corrected chi connectivity index (χ0v) is 9.73. The maximum Gasteiger partial charge on any atom is 0.333 e. The van der Waals surface area contributed by atoms with Crippen molar-refractivity contribution in [3.8, 4) is 0 Å². The molecule has 1 aromatic rings. The Morgan fingerprint density at radius 1 is 1.22 bits per heavy atom. The van der Waals surface area contributed by atoms with E-state index in [-0.39, 0.29) is 0 Å². The summed E-state index contributed by atoms with van der Waals surface area (Å²) in [5.41, 5.74) is 1.77. The predicted octanol–water partition coefficient (Wildman–Crippen LogP) is 2.26. The minimum absolute atomic E-state index is 0.507. The summed E-state index contributed by atoms with van der Waals surface area (Å²) < 4.78 is 0. The molecule has 0 spiro atoms. The van der Waals surface area contributed by atoms with E-state index >= 15 is 0 Å². The van der Waals surface area contributed by atoms with Gasteiger partial charge in [0.15, 0.2) is 6.10 Å². The van der Waals surface area contributed by atoms with Gasteiger partial charge in [-0.25, -0.2) is 4.79 Å². The number of allylic oxidation sites excluding steroid dienone is 3. The van der Waals surface area contributed by atoms with E-state index in [4.69, 9.17) is 5.11 Å². The molecule has 0 fully saturated rings. The average molecular weight is 242 g/mol. The molecule has 2 N–H and O–H groups in total. The quantitative estimate of drug-likeness (QED) is 0.854. The van der Waals surface area contributed by atoms with Crippen LogP contribution in [0.1, 0.15) is 5.56 Å². The molecule has 18 heavy (non-hydrogen) atoms. The lowest BCUT2D eigenvalue weighted by atomic mass is 9.88. The second-order valence-electron chi connectivity index (χ2n) is 4.11. The zero-order chi connectivity index (χ0) is 13.0. The standard InChI is InChI=1S/C15H14O3/c16-14(15(17)18)13-9-5-4-8-12(13)10-11-6-2-1-3-7-11/h1-10,13-14,16H,(H,17,18). The first-order valence-electron chi connectivity index (χ1n) is 5.71. The number of hydrogen-bond donors (Lipinski definition) is 2. The highest BCUT2D eigenvalue weighted by atomic mass is 16.4. The van der Waals surface area contributed by atoms with Crippen LogP contribution < -0.4 is 0 Å². The minimum atomic E-state index is -1.42. The first-order chi connectivity index (χ1) is 8.68. The van der Waals surface area contributed by atoms with Gasteiger partial charge >= 0.3 is 5.97 Å². The maximum atomic E-state index is 10.9. The lowest BCUT2D eigenvalue weighted by Gasteiger charge is -2.20. The van der Waals surface area contributed by atoms with E-state index < -0.39 is 18.0 Å². The molecule has 92 valence electrons. The Morgan fingerprint density at radius 2 is 1.94 bits per heavy atom. The average Bonchev–Trinajstić information content (AvgIpc) is 2.39. The van der Waals surface area contributed by atoms with Gasteiger partial charge in [0.1, 0.15) is 0 Å². The predicted molar refractivity (Wildman–Crippen MR) is 69.8 cm³/mol. The van der Waals surface area contributed by atoms with Crippen molar-refractivity contribution < 1.29 is 15.0 Å². The molecule has 0 heterocycles. The van der Waals surface area contributed by atoms with Crippen LogP contribution in [0.2, 0.25) is 0 Å². The Hall–Kier alpha value is -2.13. The van der Waals surface area contributed by atoms with Crippen molar-refractivity contribution in [2.75, 3.05) is 0 Å². The zero-order valence-electron chi connectivity index (χ0n) is 9.73. The molecule has 2 unspecified atom stereocenters. The fourth-order valence-electron chi connectivity index (χ4n) is 1.90. The molecule has 0 aromatic heterocycles. The highest BCUT2D eigenvalue weighted by Crippen LogP contribution is 2.24. The van der Waals surface area contributed by atoms with Crippen molar-refractivity contribution in [3.63, 3.8) is 0 Å². The smallest absolute Gasteiger partial charge is 0.333 e. The Balaban J connectivity index is 2.30. The molecule has 0 saturated heterocycles. The van der Waals surface area contributed by atoms with Crippen LogP contribution in [-0.4, -0.2) is 22.3 Å². The summed E-state index contributed by atoms with van der Waals surface area (Å²) in [5.74, 6) is -1.72. The molecular formula is C15H14O3. The normalized spacial score (nSPS) is 22.1. The fraction of sp³-hybridized carbons (Fsp3) is 0.133. The van der Waals surface area contributed by atoms with Gasteiger partial charge in [-0.1, -0.05) is 60.7 Å². The monoisotopic (exact) mass is 242 g/mol. The fourth-order valence-corrected chi connectivity index (χ4v) is 1.90. The Morgan fingerprint density at radius 3 is 2.61 bits per heavy atom. The number of carbonyl (C=O) groups is 1. The van der Waals surface area contributed by atoms with Crippen LogP contribution in [0, 0.1) is 5.92 Å². The van der Waals surface area contributed by atoms with Crippen LogP contribution in [0.3, 0.4) is 0 Å². The number of aliphatic carboxylic acids is 1. The third-order valence-corrected chi connectivity index (χ3v) is 2.83. The van der Waals surface area contributed by atoms with E-state index in [0.29, 0.717) is 0 Å². The van der Waals surface area contributed by atoms with Gasteiger partial charge in [-0.15, -0.1) is 0 Å². The third kappa shape index (κ3) is 2.76. The van der Waals surface area contributed by atoms with Gasteiger partial charge in [0, 0.05) is 5.92 Å². The molecule has 0 aliphatic heterocycles. The number of aliphatic hydroxyl groups excluding tert-OH is 1. The van der Waals surface area contributed by atoms with Gasteiger partial charge < -0.3 is 10.2 Å². The van der Waals surface area contributed by atoms with Crippen molar-refractivity contribution >= 4 is 12.0 Å². The molecule has 0 bridgehead atoms. The molecule has 0 amide bonds. The van der Waals surface area contributed by atoms with Gasteiger partial charge in [0.2, 0.25) is 0 Å². The van der Waals surface area contributed by atoms with Gasteiger partial charge in [0.05, 0.1) is 0 Å². The molecule has 3 heteroatoms. The molecule has 1 aliphatic carbocycles. The van der Waals surface area contributed by atoms with Crippen LogP contribution in [0.15, 0.2) is 60.2 Å². The summed E-state index contributed by atoms with van der Waals surface area (Å²) in [4.78, 5) is 10.9. The molecule has 0 radical (unpaired) electrons. The number of carboxylic acids is 1. The van der Waals surface area contributed by atoms with E-state index in [1.807, 2.05) is 48.6 Å². The largest absolute Gasteiger partial charge is 0.479 e. The van der Waals surface area contributed by atoms with Crippen molar-refractivity contribution in [3.05, 3.63) is 65.8 Å². The third-order valence-electron chi connectivity index (χ3n) is 2.83. The summed E-state index contributed by atoms with van der Waals surface area (Å²) in [6.07, 6.45) is 7.58. The van der Waals surface area contributed by atoms with Gasteiger partial charge in [-0.2, -0.15) is 0 Å². The van der Waals surface area contributed by atoms with Crippen molar-refractivity contribution in [1.29, 1.82) is 0 Å². The van der Waals surface area contributed by atoms with E-state index in [9.17, 15) is 9.90 Å². The van der Waals surface area contributed by atoms with E-state index in [2.05, 4.69) is 0 Å². The van der Waals surface area contributed by atoms with Crippen LogP contribution in [0.4, 0.5) is 0 Å². The van der Waals surface area contributed by atoms with E-state index in [0.717, 1.165) is 11.1 Å². The molecule has 2 atom stereocenters. The Labute approximate surface area is 105 Å². The lowest BCUT2D eigenvalue weighted by molar-refractivity contribution is -0.147. The van der Waals surface area contributed by atoms with Crippen LogP contribution in [0.5, 0.6) is 0 Å². The molecular weight excluding hydrogens is 228 g/mol. The van der Waals surface area contributed by atoms with E-state index in [1.54, 1.807) is 12.2 Å². The number of carboxylic acid groups (broad SMARTS) is 1. The van der Waals surface area contributed by atoms with Crippen LogP contribution in [0.25, 0.3) is 6.08 Å². The summed E-state index contributed by atoms with van der Waals surface area (Å²) in [7, 11) is 0. The Kier molecular flexibility index (Phi) is 3.75. The van der Waals surface area contributed by atoms with Crippen molar-refractivity contribution in [2.45, 2.75) is 6.10 Å². The second kappa shape index (κ2) is 5.47. The van der Waals surface area contributed by atoms with Gasteiger partial charge in [0.25, 0.3) is 0 Å². The van der Waals surface area contributed by atoms with Gasteiger partial charge in [-0.3, -0.25) is 0 Å². The molecule has 3 nitrogen and oxygen atoms in total. The van der Waals surface area contributed by atoms with Crippen LogP contribution in [-0.2, 0) is 4.79 Å². The highest BCUT2D eigenvalue weighted by molar-refractivity contribution is 5.75. The summed E-state index contributed by atoms with van der Waals surface area (Å²) >= 11 is 0. The molecule has 2 rings (SSSR count). The van der Waals surface area contributed by atoms with Crippen LogP contribution >= 0.6 is 0 Å². The first-order valence-corrected chi connectivity index (χ1v) is 5.71. The number of aliphatic hydroxyl groups is 1. The number of benzene rings is 1. The topological polar surface area (TPSA) is 57.5 Å². The van der Waals surface area contributed by atoms with Gasteiger partial charge in [-0.05, 0) is 11.1 Å². The Bertz CT molecular complexity index is 512. The van der Waals surface area contributed by atoms with Crippen molar-refractivity contribution in [2.24, 2.45) is 5.92 Å². The summed E-state index contributed by atoms with van der Waals surface area (Å²) in [6, 6.07) is 9.61.